The third-order valence-corrected chi connectivity index (χ3v) is 11.8. The van der Waals surface area contributed by atoms with Crippen LogP contribution in [0, 0.1) is 35.5 Å². The van der Waals surface area contributed by atoms with Crippen molar-refractivity contribution in [3.8, 4) is 0 Å². The van der Waals surface area contributed by atoms with Crippen LogP contribution < -0.4 is 0 Å². The lowest BCUT2D eigenvalue weighted by molar-refractivity contribution is -0.321. The van der Waals surface area contributed by atoms with E-state index in [4.69, 9.17) is 23.7 Å². The van der Waals surface area contributed by atoms with Crippen LogP contribution >= 0.6 is 0 Å². The highest BCUT2D eigenvalue weighted by atomic mass is 16.7. The summed E-state index contributed by atoms with van der Waals surface area (Å²) in [6.45, 7) is 15.9. The molecule has 3 aromatic rings. The zero-order valence-corrected chi connectivity index (χ0v) is 32.4. The number of carboxylic acid groups (broad SMARTS) is 1. The molecule has 0 aliphatic carbocycles. The smallest absolute Gasteiger partial charge is 0.308 e. The summed E-state index contributed by atoms with van der Waals surface area (Å²) in [6, 6.07) is 29.2. The van der Waals surface area contributed by atoms with E-state index in [1.807, 2.05) is 133 Å². The number of rotatable bonds is 15. The van der Waals surface area contributed by atoms with Crippen molar-refractivity contribution in [3.05, 3.63) is 108 Å². The second kappa shape index (κ2) is 18.0. The maximum atomic E-state index is 12.5. The van der Waals surface area contributed by atoms with Gasteiger partial charge in [0.1, 0.15) is 0 Å². The van der Waals surface area contributed by atoms with Gasteiger partial charge in [-0.15, -0.1) is 0 Å². The zero-order valence-electron chi connectivity index (χ0n) is 32.4. The molecule has 0 radical (unpaired) electrons. The fourth-order valence-electron chi connectivity index (χ4n) is 8.49. The number of aliphatic hydroxyl groups is 2. The summed E-state index contributed by atoms with van der Waals surface area (Å²) in [6.07, 6.45) is -4.32. The van der Waals surface area contributed by atoms with Gasteiger partial charge in [-0.3, -0.25) is 4.79 Å². The van der Waals surface area contributed by atoms with Crippen molar-refractivity contribution in [2.75, 3.05) is 0 Å². The van der Waals surface area contributed by atoms with Crippen LogP contribution in [0.3, 0.4) is 0 Å². The van der Waals surface area contributed by atoms with Gasteiger partial charge in [-0.1, -0.05) is 126 Å². The van der Waals surface area contributed by atoms with Gasteiger partial charge in [0.05, 0.1) is 54.7 Å². The summed E-state index contributed by atoms with van der Waals surface area (Å²) in [4.78, 5) is 12.2. The van der Waals surface area contributed by atoms with Gasteiger partial charge < -0.3 is 39.0 Å². The number of carboxylic acids is 1. The highest BCUT2D eigenvalue weighted by Crippen LogP contribution is 2.46. The molecule has 2 aliphatic heterocycles. The Kier molecular flexibility index (Phi) is 13.9. The highest BCUT2D eigenvalue weighted by molar-refractivity contribution is 5.70. The molecule has 2 unspecified atom stereocenters. The van der Waals surface area contributed by atoms with Gasteiger partial charge in [-0.25, -0.2) is 0 Å². The van der Waals surface area contributed by atoms with E-state index < -0.39 is 60.6 Å². The molecule has 53 heavy (non-hydrogen) atoms. The van der Waals surface area contributed by atoms with E-state index in [0.717, 1.165) is 16.7 Å². The maximum Gasteiger partial charge on any atom is 0.308 e. The molecule has 5 rings (SSSR count). The van der Waals surface area contributed by atoms with Gasteiger partial charge in [-0.05, 0) is 38.7 Å². The minimum Gasteiger partial charge on any atom is -0.481 e. The van der Waals surface area contributed by atoms with E-state index >= 15 is 0 Å². The number of aliphatic carboxylic acids is 1. The molecular weight excluding hydrogens is 672 g/mol. The fraction of sp³-hybridized carbons (Fsp3) is 0.568. The van der Waals surface area contributed by atoms with Gasteiger partial charge >= 0.3 is 5.97 Å². The minimum absolute atomic E-state index is 0.202. The first-order chi connectivity index (χ1) is 25.2. The molecule has 0 aromatic heterocycles. The summed E-state index contributed by atoms with van der Waals surface area (Å²) >= 11 is 0. The quantitative estimate of drug-likeness (QED) is 0.143. The fourth-order valence-corrected chi connectivity index (χ4v) is 8.49. The van der Waals surface area contributed by atoms with E-state index in [1.165, 1.54) is 0 Å². The van der Waals surface area contributed by atoms with Crippen LogP contribution in [0.15, 0.2) is 91.0 Å². The number of hydrogen-bond acceptors (Lipinski definition) is 8. The van der Waals surface area contributed by atoms with Crippen molar-refractivity contribution in [1.29, 1.82) is 0 Å². The van der Waals surface area contributed by atoms with Crippen molar-refractivity contribution in [1.82, 2.24) is 0 Å². The molecular formula is C44H60O9. The van der Waals surface area contributed by atoms with Gasteiger partial charge in [0.25, 0.3) is 0 Å². The lowest BCUT2D eigenvalue weighted by Gasteiger charge is -2.50. The molecule has 0 amide bonds. The summed E-state index contributed by atoms with van der Waals surface area (Å²) in [5, 5.41) is 34.3. The summed E-state index contributed by atoms with van der Waals surface area (Å²) in [5.74, 6) is -3.00. The zero-order chi connectivity index (χ0) is 38.4. The Bertz CT molecular complexity index is 1550. The lowest BCUT2D eigenvalue weighted by Crippen LogP contribution is -2.57. The number of hydrogen-bond donors (Lipinski definition) is 3. The molecule has 15 atom stereocenters. The van der Waals surface area contributed by atoms with Crippen molar-refractivity contribution in [2.45, 2.75) is 123 Å². The molecule has 2 saturated heterocycles. The topological polar surface area (TPSA) is 124 Å². The summed E-state index contributed by atoms with van der Waals surface area (Å²) < 4.78 is 32.5. The van der Waals surface area contributed by atoms with E-state index in [-0.39, 0.29) is 35.7 Å². The lowest BCUT2D eigenvalue weighted by atomic mass is 9.73. The van der Waals surface area contributed by atoms with Crippen molar-refractivity contribution >= 4 is 5.97 Å². The van der Waals surface area contributed by atoms with Crippen LogP contribution in [0.4, 0.5) is 0 Å². The van der Waals surface area contributed by atoms with Crippen LogP contribution in [0.25, 0.3) is 0 Å². The number of aliphatic hydroxyl groups excluding tert-OH is 1. The predicted molar refractivity (Wildman–Crippen MR) is 202 cm³/mol. The molecule has 0 bridgehead atoms. The molecule has 3 aromatic carbocycles. The average Bonchev–Trinajstić information content (AvgIpc) is 3.16. The van der Waals surface area contributed by atoms with Crippen LogP contribution in [0.1, 0.15) is 91.1 Å². The Labute approximate surface area is 315 Å². The monoisotopic (exact) mass is 732 g/mol. The third-order valence-electron chi connectivity index (χ3n) is 11.8. The minimum atomic E-state index is -1.35. The first kappa shape index (κ1) is 41.0. The molecule has 0 saturated carbocycles. The third kappa shape index (κ3) is 9.75. The summed E-state index contributed by atoms with van der Waals surface area (Å²) in [5.41, 5.74) is 1.35. The SMILES string of the molecule is C[C@@H]1[C@H]([C@@H](C)C[C@](C)(O)[C@@H]2OC(c3ccccc3)O[C@@H]([C@@H](C)[C@H](O)[C@@H](C)[C@H](C)OCc3ccccc3)[C@H]2C)OC(c2ccccc2)O[C@@H]1[C@@H](C)C(=O)O. The molecule has 2 aliphatic rings. The molecule has 9 heteroatoms. The Balaban J connectivity index is 1.36. The number of benzene rings is 3. The molecule has 2 heterocycles. The average molecular weight is 733 g/mol. The Morgan fingerprint density at radius 1 is 0.736 bits per heavy atom. The van der Waals surface area contributed by atoms with Crippen molar-refractivity contribution in [3.63, 3.8) is 0 Å². The highest BCUT2D eigenvalue weighted by Gasteiger charge is 2.51. The largest absolute Gasteiger partial charge is 0.481 e. The van der Waals surface area contributed by atoms with E-state index in [9.17, 15) is 20.1 Å². The van der Waals surface area contributed by atoms with E-state index in [1.54, 1.807) is 13.8 Å². The second-order valence-electron chi connectivity index (χ2n) is 15.9. The maximum absolute atomic E-state index is 12.5. The standard InChI is InChI=1S/C44H60O9/c1-26(37-29(4)39(31(6)41(46)47)52-42(50-37)34-20-14-10-15-21-34)24-44(8,48)40-30(5)38(51-43(53-40)35-22-16-11-17-23-35)28(3)36(45)27(2)32(7)49-25-33-18-12-9-13-19-33/h9-23,26-32,36-40,42-43,45,48H,24-25H2,1-8H3,(H,46,47)/t26-,27-,28-,29+,30+,31+,32-,36+,37-,38-,39-,40+,42?,43?,44-/m0/s1. The molecule has 3 N–H and O–H groups in total. The van der Waals surface area contributed by atoms with Crippen LogP contribution in [0.5, 0.6) is 0 Å². The first-order valence-electron chi connectivity index (χ1n) is 19.2. The van der Waals surface area contributed by atoms with Gasteiger partial charge in [-0.2, -0.15) is 0 Å². The van der Waals surface area contributed by atoms with Gasteiger partial charge in [0.15, 0.2) is 12.6 Å². The second-order valence-corrected chi connectivity index (χ2v) is 15.9. The number of ether oxygens (including phenoxy) is 5. The predicted octanol–water partition coefficient (Wildman–Crippen LogP) is 7.96. The van der Waals surface area contributed by atoms with Gasteiger partial charge in [0, 0.05) is 34.8 Å². The van der Waals surface area contributed by atoms with Crippen molar-refractivity contribution in [2.24, 2.45) is 35.5 Å². The van der Waals surface area contributed by atoms with E-state index in [0.29, 0.717) is 13.0 Å². The van der Waals surface area contributed by atoms with Crippen LogP contribution in [-0.4, -0.2) is 63.5 Å². The van der Waals surface area contributed by atoms with Crippen LogP contribution in [-0.2, 0) is 35.1 Å². The Hall–Kier alpha value is -3.15. The Morgan fingerprint density at radius 3 is 1.77 bits per heavy atom. The van der Waals surface area contributed by atoms with E-state index in [2.05, 4.69) is 0 Å². The number of carbonyl (C=O) groups is 1. The normalized spacial score (nSPS) is 31.0. The van der Waals surface area contributed by atoms with Crippen molar-refractivity contribution < 1.29 is 43.8 Å². The summed E-state index contributed by atoms with van der Waals surface area (Å²) in [7, 11) is 0. The molecule has 2 fully saturated rings. The first-order valence-corrected chi connectivity index (χ1v) is 19.2. The van der Waals surface area contributed by atoms with Crippen LogP contribution in [0.2, 0.25) is 0 Å². The molecule has 290 valence electrons. The Morgan fingerprint density at radius 2 is 1.23 bits per heavy atom. The molecule has 9 nitrogen and oxygen atoms in total. The van der Waals surface area contributed by atoms with Gasteiger partial charge in [0.2, 0.25) is 0 Å². The molecule has 0 spiro atoms.